The van der Waals surface area contributed by atoms with Gasteiger partial charge < -0.3 is 21.5 Å². The summed E-state index contributed by atoms with van der Waals surface area (Å²) in [5.41, 5.74) is 12.6. The summed E-state index contributed by atoms with van der Waals surface area (Å²) in [5.74, 6) is -1.16. The zero-order valence-electron chi connectivity index (χ0n) is 16.6. The minimum absolute atomic E-state index is 0.0137. The molecule has 0 aliphatic carbocycles. The lowest BCUT2D eigenvalue weighted by molar-refractivity contribution is -0.137. The van der Waals surface area contributed by atoms with Crippen LogP contribution in [0.3, 0.4) is 0 Å². The van der Waals surface area contributed by atoms with E-state index in [-0.39, 0.29) is 22.7 Å². The second-order valence-electron chi connectivity index (χ2n) is 6.59. The van der Waals surface area contributed by atoms with Crippen molar-refractivity contribution in [1.29, 1.82) is 0 Å². The number of piperazine rings is 1. The fraction of sp³-hybridized carbons (Fsp3) is 0.450. The highest BCUT2D eigenvalue weighted by Crippen LogP contribution is 2.16. The first-order chi connectivity index (χ1) is 13.9. The molecule has 9 heteroatoms. The van der Waals surface area contributed by atoms with E-state index >= 15 is 0 Å². The third-order valence-corrected chi connectivity index (χ3v) is 4.91. The Balaban J connectivity index is 1.99. The Morgan fingerprint density at radius 3 is 2.59 bits per heavy atom. The van der Waals surface area contributed by atoms with Crippen LogP contribution in [-0.2, 0) is 9.53 Å². The molecule has 29 heavy (non-hydrogen) atoms. The molecule has 158 valence electrons. The second kappa shape index (κ2) is 11.5. The second-order valence-corrected chi connectivity index (χ2v) is 7.00. The van der Waals surface area contributed by atoms with Gasteiger partial charge in [0.2, 0.25) is 5.78 Å². The molecule has 1 aromatic carbocycles. The van der Waals surface area contributed by atoms with Gasteiger partial charge in [0, 0.05) is 44.0 Å². The summed E-state index contributed by atoms with van der Waals surface area (Å²) >= 11 is 6.00. The number of benzene rings is 1. The number of Topliss-reactive ketones (excluding diaryl/α,β-unsaturated/α-hetero) is 1. The monoisotopic (exact) mass is 421 g/mol. The van der Waals surface area contributed by atoms with Gasteiger partial charge in [0.1, 0.15) is 11.4 Å². The maximum atomic E-state index is 12.5. The maximum Gasteiger partial charge on any atom is 0.344 e. The van der Waals surface area contributed by atoms with Crippen LogP contribution < -0.4 is 16.8 Å². The summed E-state index contributed by atoms with van der Waals surface area (Å²) in [4.78, 5) is 31.4. The Morgan fingerprint density at radius 2 is 1.93 bits per heavy atom. The summed E-state index contributed by atoms with van der Waals surface area (Å²) in [6, 6.07) is 6.57. The number of ether oxygens (including phenoxy) is 1. The Hall–Kier alpha value is -2.42. The molecule has 1 aliphatic heterocycles. The number of halogens is 1. The number of nitrogens with two attached hydrogens (primary N) is 2. The lowest BCUT2D eigenvalue weighted by atomic mass is 10.1. The molecular weight excluding hydrogens is 394 g/mol. The van der Waals surface area contributed by atoms with Crippen molar-refractivity contribution in [3.05, 3.63) is 46.1 Å². The van der Waals surface area contributed by atoms with Crippen LogP contribution in [0.4, 0.5) is 0 Å². The van der Waals surface area contributed by atoms with E-state index in [1.165, 1.54) is 0 Å². The fourth-order valence-corrected chi connectivity index (χ4v) is 3.11. The molecule has 0 bridgehead atoms. The Morgan fingerprint density at radius 1 is 1.24 bits per heavy atom. The predicted octanol–water partition coefficient (Wildman–Crippen LogP) is 0.951. The number of amidine groups is 1. The van der Waals surface area contributed by atoms with Gasteiger partial charge in [-0.3, -0.25) is 14.7 Å². The third-order valence-electron chi connectivity index (χ3n) is 4.58. The fourth-order valence-electron chi connectivity index (χ4n) is 2.87. The van der Waals surface area contributed by atoms with Crippen molar-refractivity contribution < 1.29 is 14.3 Å². The lowest BCUT2D eigenvalue weighted by Gasteiger charge is -2.26. The van der Waals surface area contributed by atoms with Crippen LogP contribution >= 0.6 is 11.6 Å². The maximum absolute atomic E-state index is 12.5. The summed E-state index contributed by atoms with van der Waals surface area (Å²) in [7, 11) is 0. The van der Waals surface area contributed by atoms with Crippen molar-refractivity contribution in [3.63, 3.8) is 0 Å². The van der Waals surface area contributed by atoms with Crippen LogP contribution in [0.1, 0.15) is 23.7 Å². The largest absolute Gasteiger partial charge is 0.454 e. The van der Waals surface area contributed by atoms with Crippen molar-refractivity contribution in [1.82, 2.24) is 10.2 Å². The molecule has 1 aliphatic rings. The number of carbonyl (C=O) groups excluding carboxylic acids is 2. The quantitative estimate of drug-likeness (QED) is 0.178. The Bertz CT molecular complexity index is 788. The smallest absolute Gasteiger partial charge is 0.344 e. The number of nitrogens with zero attached hydrogens (tertiary/aromatic N) is 2. The van der Waals surface area contributed by atoms with Crippen LogP contribution in [0, 0.1) is 0 Å². The molecule has 0 saturated carbocycles. The molecule has 0 atom stereocenters. The van der Waals surface area contributed by atoms with Crippen molar-refractivity contribution >= 4 is 29.2 Å². The van der Waals surface area contributed by atoms with E-state index in [4.69, 9.17) is 27.8 Å². The summed E-state index contributed by atoms with van der Waals surface area (Å²) in [6.07, 6.45) is 0.400. The van der Waals surface area contributed by atoms with E-state index < -0.39 is 18.4 Å². The van der Waals surface area contributed by atoms with Crippen LogP contribution in [-0.4, -0.2) is 68.4 Å². The Labute approximate surface area is 175 Å². The summed E-state index contributed by atoms with van der Waals surface area (Å²) in [5, 5.41) is 3.58. The molecule has 1 heterocycles. The highest BCUT2D eigenvalue weighted by atomic mass is 35.5. The van der Waals surface area contributed by atoms with Gasteiger partial charge in [0.15, 0.2) is 6.61 Å². The van der Waals surface area contributed by atoms with Crippen LogP contribution in [0.5, 0.6) is 0 Å². The predicted molar refractivity (Wildman–Crippen MR) is 114 cm³/mol. The topological polar surface area (TPSA) is 123 Å². The first-order valence-electron chi connectivity index (χ1n) is 9.60. The number of ketones is 1. The lowest BCUT2D eigenvalue weighted by Crippen LogP contribution is -2.44. The number of carbonyl (C=O) groups is 2. The van der Waals surface area contributed by atoms with Crippen molar-refractivity contribution in [3.8, 4) is 0 Å². The number of nitrogens with one attached hydrogen (secondary N) is 1. The summed E-state index contributed by atoms with van der Waals surface area (Å²) in [6.45, 7) is 6.29. The van der Waals surface area contributed by atoms with Gasteiger partial charge in [0.05, 0.1) is 11.6 Å². The zero-order valence-corrected chi connectivity index (χ0v) is 17.4. The van der Waals surface area contributed by atoms with Crippen molar-refractivity contribution in [2.75, 3.05) is 45.9 Å². The number of aliphatic imine (C=N–C) groups is 1. The highest BCUT2D eigenvalue weighted by molar-refractivity contribution is 6.34. The van der Waals surface area contributed by atoms with Gasteiger partial charge >= 0.3 is 5.97 Å². The van der Waals surface area contributed by atoms with E-state index in [9.17, 15) is 9.59 Å². The van der Waals surface area contributed by atoms with Crippen molar-refractivity contribution in [2.45, 2.75) is 13.3 Å². The molecule has 0 radical (unpaired) electrons. The molecule has 0 amide bonds. The first-order valence-corrected chi connectivity index (χ1v) is 9.98. The minimum atomic E-state index is -0.770. The van der Waals surface area contributed by atoms with E-state index in [1.54, 1.807) is 31.2 Å². The van der Waals surface area contributed by atoms with Gasteiger partial charge in [-0.1, -0.05) is 30.7 Å². The zero-order chi connectivity index (χ0) is 21.2. The van der Waals surface area contributed by atoms with Crippen LogP contribution in [0.15, 0.2) is 40.5 Å². The molecule has 1 aromatic rings. The van der Waals surface area contributed by atoms with Crippen LogP contribution in [0.25, 0.3) is 0 Å². The average Bonchev–Trinajstić information content (AvgIpc) is 2.73. The van der Waals surface area contributed by atoms with Gasteiger partial charge in [-0.05, 0) is 18.6 Å². The average molecular weight is 422 g/mol. The SMILES string of the molecule is CC/C(N)=C(\C(=O)OCC(=O)c1ccccc1Cl)C(N)=NCCN1CCNCC1. The molecule has 0 unspecified atom stereocenters. The molecular formula is C20H28ClN5O3. The minimum Gasteiger partial charge on any atom is -0.454 e. The third kappa shape index (κ3) is 6.85. The number of hydrogen-bond acceptors (Lipinski definition) is 7. The van der Waals surface area contributed by atoms with E-state index in [1.807, 2.05) is 0 Å². The van der Waals surface area contributed by atoms with Crippen LogP contribution in [0.2, 0.25) is 5.02 Å². The van der Waals surface area contributed by atoms with Crippen molar-refractivity contribution in [2.24, 2.45) is 16.5 Å². The molecule has 8 nitrogen and oxygen atoms in total. The number of rotatable bonds is 9. The first kappa shape index (κ1) is 22.9. The molecule has 1 fully saturated rings. The van der Waals surface area contributed by atoms with E-state index in [2.05, 4.69) is 15.2 Å². The Kier molecular flexibility index (Phi) is 9.11. The van der Waals surface area contributed by atoms with Gasteiger partial charge in [-0.15, -0.1) is 0 Å². The van der Waals surface area contributed by atoms with Gasteiger partial charge in [-0.2, -0.15) is 0 Å². The van der Waals surface area contributed by atoms with Gasteiger partial charge in [-0.25, -0.2) is 4.79 Å². The number of hydrogen-bond donors (Lipinski definition) is 3. The standard InChI is InChI=1S/C20H28ClN5O3/c1-2-16(22)18(19(23)25-9-12-26-10-7-24-8-11-26)20(28)29-13-17(27)14-5-3-4-6-15(14)21/h3-6,24H,2,7-13,22H2,1H3,(H2,23,25)/b18-16+. The molecule has 5 N–H and O–H groups in total. The molecule has 0 spiro atoms. The molecule has 2 rings (SSSR count). The van der Waals surface area contributed by atoms with E-state index in [0.29, 0.717) is 18.0 Å². The van der Waals surface area contributed by atoms with E-state index in [0.717, 1.165) is 32.7 Å². The normalized spacial score (nSPS) is 16.3. The number of allylic oxidation sites excluding steroid dienone is 1. The highest BCUT2D eigenvalue weighted by Gasteiger charge is 2.21. The number of esters is 1. The van der Waals surface area contributed by atoms with Gasteiger partial charge in [0.25, 0.3) is 0 Å². The summed E-state index contributed by atoms with van der Waals surface area (Å²) < 4.78 is 5.15. The molecule has 1 saturated heterocycles. The molecule has 0 aromatic heterocycles.